The van der Waals surface area contributed by atoms with Gasteiger partial charge in [0.05, 0.1) is 0 Å². The van der Waals surface area contributed by atoms with Gasteiger partial charge in [0.1, 0.15) is 0 Å². The van der Waals surface area contributed by atoms with E-state index < -0.39 is 6.23 Å². The number of carbonyl (C=O) groups excluding carboxylic acids is 1. The van der Waals surface area contributed by atoms with Crippen LogP contribution in [-0.2, 0) is 16.0 Å². The third kappa shape index (κ3) is 3.30. The first-order valence-electron chi connectivity index (χ1n) is 5.84. The van der Waals surface area contributed by atoms with Crippen molar-refractivity contribution in [3.05, 3.63) is 29.3 Å². The van der Waals surface area contributed by atoms with Crippen LogP contribution in [0.5, 0.6) is 0 Å². The summed E-state index contributed by atoms with van der Waals surface area (Å²) >= 11 is 0. The molecule has 5 nitrogen and oxygen atoms in total. The van der Waals surface area contributed by atoms with E-state index in [-0.39, 0.29) is 5.90 Å². The van der Waals surface area contributed by atoms with Crippen LogP contribution in [0.1, 0.15) is 24.3 Å². The van der Waals surface area contributed by atoms with E-state index in [1.807, 2.05) is 25.2 Å². The van der Waals surface area contributed by atoms with E-state index in [9.17, 15) is 4.79 Å². The van der Waals surface area contributed by atoms with Crippen LogP contribution < -0.4 is 10.6 Å². The Kier molecular flexibility index (Phi) is 5.32. The minimum atomic E-state index is -0.487. The summed E-state index contributed by atoms with van der Waals surface area (Å²) in [5.74, 6) is -0.384. The third-order valence-corrected chi connectivity index (χ3v) is 2.70. The highest BCUT2D eigenvalue weighted by Gasteiger charge is 2.13. The fourth-order valence-corrected chi connectivity index (χ4v) is 1.76. The Morgan fingerprint density at radius 3 is 2.72 bits per heavy atom. The number of hydrogen-bond donors (Lipinski definition) is 3. The zero-order chi connectivity index (χ0) is 13.5. The molecule has 5 heteroatoms. The lowest BCUT2D eigenvalue weighted by Gasteiger charge is -2.19. The van der Waals surface area contributed by atoms with E-state index >= 15 is 0 Å². The molecule has 0 saturated carbocycles. The van der Waals surface area contributed by atoms with Crippen molar-refractivity contribution >= 4 is 17.9 Å². The number of aryl methyl sites for hydroxylation is 1. The largest absolute Gasteiger partial charge is 0.452 e. The lowest BCUT2D eigenvalue weighted by atomic mass is 10.1. The highest BCUT2D eigenvalue weighted by atomic mass is 16.5. The van der Waals surface area contributed by atoms with E-state index in [2.05, 4.69) is 17.6 Å². The van der Waals surface area contributed by atoms with E-state index in [4.69, 9.17) is 10.1 Å². The van der Waals surface area contributed by atoms with Crippen molar-refractivity contribution in [3.63, 3.8) is 0 Å². The second kappa shape index (κ2) is 6.76. The standard InChI is InChI=1S/C13H19N3O2/c1-4-9-7-10(5-6-11(9)15-2)13(16-3)18-12(14)8-17/h5-8,13-16H,4H2,1-3H3. The van der Waals surface area contributed by atoms with Crippen LogP contribution in [0.3, 0.4) is 0 Å². The van der Waals surface area contributed by atoms with Crippen molar-refractivity contribution in [1.29, 1.82) is 5.41 Å². The van der Waals surface area contributed by atoms with Crippen LogP contribution in [0, 0.1) is 5.41 Å². The molecule has 1 aromatic rings. The first-order valence-corrected chi connectivity index (χ1v) is 5.84. The van der Waals surface area contributed by atoms with Crippen molar-refractivity contribution in [2.45, 2.75) is 19.6 Å². The van der Waals surface area contributed by atoms with Gasteiger partial charge in [-0.25, -0.2) is 0 Å². The highest BCUT2D eigenvalue weighted by molar-refractivity contribution is 6.22. The minimum absolute atomic E-state index is 0.382. The minimum Gasteiger partial charge on any atom is -0.452 e. The monoisotopic (exact) mass is 249 g/mol. The summed E-state index contributed by atoms with van der Waals surface area (Å²) in [6.07, 6.45) is 0.789. The Labute approximate surface area is 107 Å². The van der Waals surface area contributed by atoms with Crippen LogP contribution in [0.2, 0.25) is 0 Å². The first kappa shape index (κ1) is 14.2. The summed E-state index contributed by atoms with van der Waals surface area (Å²) in [5, 5.41) is 13.3. The van der Waals surface area contributed by atoms with Crippen molar-refractivity contribution in [1.82, 2.24) is 5.32 Å². The molecule has 0 aliphatic heterocycles. The highest BCUT2D eigenvalue weighted by Crippen LogP contribution is 2.22. The maximum absolute atomic E-state index is 10.4. The fraction of sp³-hybridized carbons (Fsp3) is 0.385. The van der Waals surface area contributed by atoms with Gasteiger partial charge in [-0.15, -0.1) is 0 Å². The van der Waals surface area contributed by atoms with Crippen LogP contribution in [-0.4, -0.2) is 26.3 Å². The molecular formula is C13H19N3O2. The molecule has 18 heavy (non-hydrogen) atoms. The van der Waals surface area contributed by atoms with Crippen molar-refractivity contribution in [3.8, 4) is 0 Å². The molecule has 1 rings (SSSR count). The van der Waals surface area contributed by atoms with Gasteiger partial charge in [0.2, 0.25) is 12.2 Å². The summed E-state index contributed by atoms with van der Waals surface area (Å²) in [4.78, 5) is 10.4. The van der Waals surface area contributed by atoms with Crippen LogP contribution in [0.4, 0.5) is 5.69 Å². The van der Waals surface area contributed by atoms with Crippen molar-refractivity contribution in [2.24, 2.45) is 0 Å². The number of anilines is 1. The molecule has 3 N–H and O–H groups in total. The molecule has 0 heterocycles. The lowest BCUT2D eigenvalue weighted by Crippen LogP contribution is -2.23. The van der Waals surface area contributed by atoms with E-state index in [1.165, 1.54) is 0 Å². The second-order valence-electron chi connectivity index (χ2n) is 3.79. The zero-order valence-electron chi connectivity index (χ0n) is 10.9. The zero-order valence-corrected chi connectivity index (χ0v) is 10.9. The SMILES string of the molecule is CCc1cc(C(NC)OC(=N)C=O)ccc1NC. The molecule has 0 saturated heterocycles. The van der Waals surface area contributed by atoms with Gasteiger partial charge in [0.15, 0.2) is 6.23 Å². The van der Waals surface area contributed by atoms with Crippen LogP contribution in [0.15, 0.2) is 18.2 Å². The number of benzene rings is 1. The predicted octanol–water partition coefficient (Wildman–Crippen LogP) is 1.70. The fourth-order valence-electron chi connectivity index (χ4n) is 1.76. The molecule has 0 amide bonds. The average Bonchev–Trinajstić information content (AvgIpc) is 2.43. The Balaban J connectivity index is 2.99. The number of aldehydes is 1. The molecule has 0 bridgehead atoms. The van der Waals surface area contributed by atoms with E-state index in [1.54, 1.807) is 7.05 Å². The number of ether oxygens (including phenoxy) is 1. The quantitative estimate of drug-likeness (QED) is 0.310. The van der Waals surface area contributed by atoms with Gasteiger partial charge >= 0.3 is 0 Å². The summed E-state index contributed by atoms with van der Waals surface area (Å²) in [5.41, 5.74) is 3.12. The molecule has 1 aromatic carbocycles. The molecule has 0 aromatic heterocycles. The molecule has 0 aliphatic rings. The van der Waals surface area contributed by atoms with Crippen molar-refractivity contribution < 1.29 is 9.53 Å². The molecule has 1 unspecified atom stereocenters. The predicted molar refractivity (Wildman–Crippen MR) is 72.0 cm³/mol. The Morgan fingerprint density at radius 2 is 2.22 bits per heavy atom. The molecule has 0 radical (unpaired) electrons. The Morgan fingerprint density at radius 1 is 1.50 bits per heavy atom. The molecule has 0 spiro atoms. The Bertz CT molecular complexity index is 432. The maximum Gasteiger partial charge on any atom is 0.248 e. The smallest absolute Gasteiger partial charge is 0.248 e. The van der Waals surface area contributed by atoms with Crippen molar-refractivity contribution in [2.75, 3.05) is 19.4 Å². The average molecular weight is 249 g/mol. The number of carbonyl (C=O) groups is 1. The normalized spacial score (nSPS) is 11.7. The topological polar surface area (TPSA) is 74.2 Å². The molecule has 98 valence electrons. The number of rotatable bonds is 6. The maximum atomic E-state index is 10.4. The van der Waals surface area contributed by atoms with Gasteiger partial charge in [-0.3, -0.25) is 15.5 Å². The molecular weight excluding hydrogens is 230 g/mol. The van der Waals surface area contributed by atoms with Gasteiger partial charge in [0, 0.05) is 18.3 Å². The lowest BCUT2D eigenvalue weighted by molar-refractivity contribution is -0.104. The van der Waals surface area contributed by atoms with Gasteiger partial charge in [-0.1, -0.05) is 13.0 Å². The van der Waals surface area contributed by atoms with Gasteiger partial charge < -0.3 is 10.1 Å². The summed E-state index contributed by atoms with van der Waals surface area (Å²) < 4.78 is 5.19. The summed E-state index contributed by atoms with van der Waals surface area (Å²) in [6.45, 7) is 2.07. The summed E-state index contributed by atoms with van der Waals surface area (Å²) in [7, 11) is 3.60. The van der Waals surface area contributed by atoms with Gasteiger partial charge in [0.25, 0.3) is 0 Å². The van der Waals surface area contributed by atoms with E-state index in [0.717, 1.165) is 23.2 Å². The summed E-state index contributed by atoms with van der Waals surface area (Å²) in [6, 6.07) is 5.88. The Hall–Kier alpha value is -1.88. The van der Waals surface area contributed by atoms with Crippen LogP contribution >= 0.6 is 0 Å². The van der Waals surface area contributed by atoms with Gasteiger partial charge in [-0.2, -0.15) is 0 Å². The molecule has 0 fully saturated rings. The van der Waals surface area contributed by atoms with Gasteiger partial charge in [-0.05, 0) is 31.2 Å². The molecule has 1 atom stereocenters. The third-order valence-electron chi connectivity index (χ3n) is 2.70. The molecule has 0 aliphatic carbocycles. The van der Waals surface area contributed by atoms with Crippen LogP contribution in [0.25, 0.3) is 0 Å². The number of nitrogens with one attached hydrogen (secondary N) is 3. The second-order valence-corrected chi connectivity index (χ2v) is 3.79. The number of hydrogen-bond acceptors (Lipinski definition) is 5. The first-order chi connectivity index (χ1) is 8.65. The van der Waals surface area contributed by atoms with E-state index in [0.29, 0.717) is 6.29 Å².